The fourth-order valence-corrected chi connectivity index (χ4v) is 2.48. The third-order valence-electron chi connectivity index (χ3n) is 3.35. The van der Waals surface area contributed by atoms with Gasteiger partial charge in [0.25, 0.3) is 0 Å². The van der Waals surface area contributed by atoms with Gasteiger partial charge in [0, 0.05) is 13.3 Å². The van der Waals surface area contributed by atoms with Gasteiger partial charge in [0.15, 0.2) is 10.1 Å². The van der Waals surface area contributed by atoms with Crippen molar-refractivity contribution < 1.29 is 10.2 Å². The van der Waals surface area contributed by atoms with Crippen molar-refractivity contribution >= 4 is 34.5 Å². The molecule has 0 bridgehead atoms. The molecule has 0 amide bonds. The molecule has 0 aliphatic rings. The first-order valence-electron chi connectivity index (χ1n) is 7.43. The number of hydrogen-bond acceptors (Lipinski definition) is 2. The van der Waals surface area contributed by atoms with Crippen LogP contribution in [-0.2, 0) is 12.8 Å². The summed E-state index contributed by atoms with van der Waals surface area (Å²) >= 11 is 8.89. The van der Waals surface area contributed by atoms with Gasteiger partial charge in [-0.2, -0.15) is 0 Å². The lowest BCUT2D eigenvalue weighted by atomic mass is 9.91. The van der Waals surface area contributed by atoms with Crippen LogP contribution in [0.3, 0.4) is 0 Å². The lowest BCUT2D eigenvalue weighted by Gasteiger charge is -2.14. The summed E-state index contributed by atoms with van der Waals surface area (Å²) in [7, 11) is 0. The Balaban J connectivity index is 0.000000593. The molecule has 0 saturated heterocycles. The normalized spacial score (nSPS) is 11.0. The smallest absolute Gasteiger partial charge is 0.160 e. The van der Waals surface area contributed by atoms with Crippen LogP contribution in [0.2, 0.25) is 0 Å². The highest BCUT2D eigenvalue weighted by Crippen LogP contribution is 2.22. The Hall–Kier alpha value is -1.78. The van der Waals surface area contributed by atoms with Crippen LogP contribution in [0.1, 0.15) is 36.5 Å². The molecular weight excluding hydrogens is 324 g/mol. The molecule has 0 aliphatic carbocycles. The van der Waals surface area contributed by atoms with Crippen LogP contribution in [0.25, 0.3) is 0 Å². The first kappa shape index (κ1) is 19.3. The topological polar surface area (TPSA) is 40.5 Å². The molecule has 2 aromatic rings. The Bertz CT molecular complexity index is 635. The molecule has 0 heterocycles. The number of thiocarbonyl (C=S) groups is 2. The van der Waals surface area contributed by atoms with E-state index in [9.17, 15) is 5.11 Å². The Morgan fingerprint density at radius 2 is 1.39 bits per heavy atom. The second-order valence-corrected chi connectivity index (χ2v) is 6.44. The zero-order valence-electron chi connectivity index (χ0n) is 13.4. The quantitative estimate of drug-likeness (QED) is 0.716. The summed E-state index contributed by atoms with van der Waals surface area (Å²) in [6.45, 7) is 3.68. The van der Waals surface area contributed by atoms with Crippen LogP contribution in [0.15, 0.2) is 54.6 Å². The number of rotatable bonds is 5. The maximum absolute atomic E-state index is 9.31. The van der Waals surface area contributed by atoms with Crippen molar-refractivity contribution in [3.8, 4) is 0 Å². The van der Waals surface area contributed by atoms with Crippen molar-refractivity contribution in [1.82, 2.24) is 0 Å². The maximum atomic E-state index is 9.31. The molecule has 0 saturated carbocycles. The Morgan fingerprint density at radius 1 is 0.913 bits per heavy atom. The van der Waals surface area contributed by atoms with Gasteiger partial charge >= 0.3 is 0 Å². The second kappa shape index (κ2) is 10.1. The standard InChI is InChI=1S/C17H18OS.C2H4OS/c1-13(14-7-3-2-4-8-14)11-15-9-5-6-10-16(15)12-17(18)19;1-2(3)4/h2-10,13H,11-12H2,1H3,(H,18,19);1H3,(H,3,4). The van der Waals surface area contributed by atoms with Crippen molar-refractivity contribution in [1.29, 1.82) is 0 Å². The first-order chi connectivity index (χ1) is 10.9. The molecule has 0 radical (unpaired) electrons. The summed E-state index contributed by atoms with van der Waals surface area (Å²) in [6.07, 6.45) is 1.43. The van der Waals surface area contributed by atoms with Gasteiger partial charge in [-0.3, -0.25) is 0 Å². The molecule has 2 N–H and O–H groups in total. The average Bonchev–Trinajstić information content (AvgIpc) is 2.49. The lowest BCUT2D eigenvalue weighted by molar-refractivity contribution is 0.555. The largest absolute Gasteiger partial charge is 0.502 e. The molecule has 0 fully saturated rings. The highest BCUT2D eigenvalue weighted by Gasteiger charge is 2.10. The van der Waals surface area contributed by atoms with Crippen LogP contribution in [0.4, 0.5) is 0 Å². The van der Waals surface area contributed by atoms with Gasteiger partial charge in [-0.15, -0.1) is 0 Å². The highest BCUT2D eigenvalue weighted by molar-refractivity contribution is 7.80. The Morgan fingerprint density at radius 3 is 1.91 bits per heavy atom. The molecule has 1 atom stereocenters. The summed E-state index contributed by atoms with van der Waals surface area (Å²) in [6, 6.07) is 18.7. The first-order valence-corrected chi connectivity index (χ1v) is 8.24. The van der Waals surface area contributed by atoms with E-state index in [2.05, 4.69) is 49.5 Å². The molecule has 1 unspecified atom stereocenters. The van der Waals surface area contributed by atoms with Gasteiger partial charge in [-0.1, -0.05) is 61.5 Å². The minimum Gasteiger partial charge on any atom is -0.502 e. The maximum Gasteiger partial charge on any atom is 0.160 e. The number of hydrogen-bond donors (Lipinski definition) is 2. The van der Waals surface area contributed by atoms with Gasteiger partial charge in [0.05, 0.1) is 0 Å². The third kappa shape index (κ3) is 7.86. The second-order valence-electron chi connectivity index (χ2n) is 5.37. The monoisotopic (exact) mass is 346 g/mol. The van der Waals surface area contributed by atoms with E-state index in [4.69, 9.17) is 17.3 Å². The zero-order valence-corrected chi connectivity index (χ0v) is 15.0. The lowest BCUT2D eigenvalue weighted by Crippen LogP contribution is -2.05. The number of aliphatic hydroxyl groups excluding tert-OH is 2. The van der Waals surface area contributed by atoms with E-state index in [1.54, 1.807) is 0 Å². The molecule has 2 nitrogen and oxygen atoms in total. The summed E-state index contributed by atoms with van der Waals surface area (Å²) < 4.78 is 0. The van der Waals surface area contributed by atoms with Crippen molar-refractivity contribution in [3.63, 3.8) is 0 Å². The van der Waals surface area contributed by atoms with Crippen LogP contribution in [0.5, 0.6) is 0 Å². The van der Waals surface area contributed by atoms with Crippen molar-refractivity contribution in [2.24, 2.45) is 0 Å². The van der Waals surface area contributed by atoms with Crippen LogP contribution >= 0.6 is 24.4 Å². The van der Waals surface area contributed by atoms with Crippen molar-refractivity contribution in [2.45, 2.75) is 32.6 Å². The highest BCUT2D eigenvalue weighted by atomic mass is 32.1. The fourth-order valence-electron chi connectivity index (χ4n) is 2.32. The van der Waals surface area contributed by atoms with Gasteiger partial charge in [0.1, 0.15) is 0 Å². The molecule has 2 aromatic carbocycles. The van der Waals surface area contributed by atoms with E-state index < -0.39 is 0 Å². The number of aliphatic hydroxyl groups is 2. The minimum absolute atomic E-state index is 0.000000000000000222. The van der Waals surface area contributed by atoms with E-state index in [-0.39, 0.29) is 10.1 Å². The summed E-state index contributed by atoms with van der Waals surface area (Å²) in [5.41, 5.74) is 3.72. The summed E-state index contributed by atoms with van der Waals surface area (Å²) in [5, 5.41) is 17.2. The van der Waals surface area contributed by atoms with Crippen LogP contribution in [-0.4, -0.2) is 20.3 Å². The van der Waals surface area contributed by atoms with Gasteiger partial charge in [-0.05, 0) is 53.5 Å². The fraction of sp³-hybridized carbons (Fsp3) is 0.263. The zero-order chi connectivity index (χ0) is 17.2. The predicted octanol–water partition coefficient (Wildman–Crippen LogP) is 5.35. The molecule has 122 valence electrons. The minimum atomic E-state index is 0.000000000000000222. The molecule has 0 aromatic heterocycles. The van der Waals surface area contributed by atoms with E-state index in [1.807, 2.05) is 24.3 Å². The molecule has 23 heavy (non-hydrogen) atoms. The molecule has 2 rings (SSSR count). The third-order valence-corrected chi connectivity index (χ3v) is 3.50. The summed E-state index contributed by atoms with van der Waals surface area (Å²) in [5.74, 6) is 0.453. The SMILES string of the molecule is CC(Cc1ccccc1CC(O)=S)c1ccccc1.CC(O)=S. The van der Waals surface area contributed by atoms with E-state index in [0.717, 1.165) is 12.0 Å². The average molecular weight is 347 g/mol. The van der Waals surface area contributed by atoms with Crippen molar-refractivity contribution in [3.05, 3.63) is 71.3 Å². The van der Waals surface area contributed by atoms with Crippen molar-refractivity contribution in [2.75, 3.05) is 0 Å². The van der Waals surface area contributed by atoms with Crippen LogP contribution in [0, 0.1) is 0 Å². The Labute approximate surface area is 148 Å². The Kier molecular flexibility index (Phi) is 8.45. The van der Waals surface area contributed by atoms with Crippen LogP contribution < -0.4 is 0 Å². The van der Waals surface area contributed by atoms with E-state index in [0.29, 0.717) is 12.3 Å². The molecule has 0 spiro atoms. The van der Waals surface area contributed by atoms with Gasteiger partial charge in [-0.25, -0.2) is 0 Å². The predicted molar refractivity (Wildman–Crippen MR) is 105 cm³/mol. The molecule has 4 heteroatoms. The van der Waals surface area contributed by atoms with E-state index in [1.165, 1.54) is 18.1 Å². The van der Waals surface area contributed by atoms with E-state index >= 15 is 0 Å². The molecule has 0 aliphatic heterocycles. The van der Waals surface area contributed by atoms with Gasteiger partial charge in [0.2, 0.25) is 0 Å². The number of benzene rings is 2. The molecular formula is C19H22O2S2. The summed E-state index contributed by atoms with van der Waals surface area (Å²) in [4.78, 5) is 0. The van der Waals surface area contributed by atoms with Gasteiger partial charge < -0.3 is 10.2 Å².